The molecule has 15 heavy (non-hydrogen) atoms. The van der Waals surface area contributed by atoms with E-state index in [4.69, 9.17) is 0 Å². The number of hydrogen-bond donors (Lipinski definition) is 1. The number of nitrogens with one attached hydrogen (secondary N) is 1. The highest BCUT2D eigenvalue weighted by molar-refractivity contribution is 5.79. The fourth-order valence-electron chi connectivity index (χ4n) is 1.79. The van der Waals surface area contributed by atoms with Gasteiger partial charge < -0.3 is 5.32 Å². The molecule has 0 bridgehead atoms. The van der Waals surface area contributed by atoms with Gasteiger partial charge in [0.2, 0.25) is 0 Å². The highest BCUT2D eigenvalue weighted by Gasteiger charge is 2.05. The van der Waals surface area contributed by atoms with Gasteiger partial charge in [0.05, 0.1) is 11.7 Å². The monoisotopic (exact) mass is 203 g/mol. The molecule has 0 radical (unpaired) electrons. The van der Waals surface area contributed by atoms with Gasteiger partial charge in [0.15, 0.2) is 0 Å². The Labute approximate surface area is 90.1 Å². The fourth-order valence-corrected chi connectivity index (χ4v) is 1.79. The van der Waals surface area contributed by atoms with E-state index in [9.17, 15) is 0 Å². The zero-order valence-corrected chi connectivity index (χ0v) is 9.49. The van der Waals surface area contributed by atoms with E-state index in [0.717, 1.165) is 6.54 Å². The van der Waals surface area contributed by atoms with Gasteiger partial charge in [-0.1, -0.05) is 6.07 Å². The lowest BCUT2D eigenvalue weighted by atomic mass is 10.1. The SMILES string of the molecule is CCn1ncc2cc(C(C)NC)ccc21. The second-order valence-corrected chi connectivity index (χ2v) is 3.79. The van der Waals surface area contributed by atoms with Gasteiger partial charge in [-0.2, -0.15) is 5.10 Å². The lowest BCUT2D eigenvalue weighted by molar-refractivity contribution is 0.653. The number of hydrogen-bond acceptors (Lipinski definition) is 2. The minimum Gasteiger partial charge on any atom is -0.313 e. The summed E-state index contributed by atoms with van der Waals surface area (Å²) in [4.78, 5) is 0. The molecule has 0 fully saturated rings. The van der Waals surface area contributed by atoms with Crippen LogP contribution in [0, 0.1) is 0 Å². The van der Waals surface area contributed by atoms with Crippen molar-refractivity contribution in [3.63, 3.8) is 0 Å². The third kappa shape index (κ3) is 1.75. The molecule has 3 nitrogen and oxygen atoms in total. The number of aryl methyl sites for hydroxylation is 1. The van der Waals surface area contributed by atoms with Gasteiger partial charge in [0, 0.05) is 18.0 Å². The van der Waals surface area contributed by atoms with E-state index in [0.29, 0.717) is 6.04 Å². The zero-order chi connectivity index (χ0) is 10.8. The van der Waals surface area contributed by atoms with Crippen LogP contribution in [-0.2, 0) is 6.54 Å². The van der Waals surface area contributed by atoms with Crippen LogP contribution in [0.25, 0.3) is 10.9 Å². The largest absolute Gasteiger partial charge is 0.313 e. The van der Waals surface area contributed by atoms with Crippen molar-refractivity contribution >= 4 is 10.9 Å². The van der Waals surface area contributed by atoms with E-state index in [1.165, 1.54) is 16.5 Å². The summed E-state index contributed by atoms with van der Waals surface area (Å²) in [6.45, 7) is 5.19. The number of nitrogens with zero attached hydrogens (tertiary/aromatic N) is 2. The molecule has 80 valence electrons. The third-order valence-electron chi connectivity index (χ3n) is 2.90. The maximum absolute atomic E-state index is 4.34. The van der Waals surface area contributed by atoms with E-state index >= 15 is 0 Å². The first-order valence-corrected chi connectivity index (χ1v) is 5.39. The Kier molecular flexibility index (Phi) is 2.73. The topological polar surface area (TPSA) is 29.9 Å². The van der Waals surface area contributed by atoms with Crippen molar-refractivity contribution in [3.05, 3.63) is 30.0 Å². The first kappa shape index (κ1) is 10.2. The van der Waals surface area contributed by atoms with Crippen molar-refractivity contribution in [2.24, 2.45) is 0 Å². The molecule has 1 aromatic carbocycles. The van der Waals surface area contributed by atoms with Crippen LogP contribution in [0.2, 0.25) is 0 Å². The first-order valence-electron chi connectivity index (χ1n) is 5.39. The molecular weight excluding hydrogens is 186 g/mol. The molecule has 1 heterocycles. The van der Waals surface area contributed by atoms with Gasteiger partial charge in [0.1, 0.15) is 0 Å². The molecule has 1 N–H and O–H groups in total. The molecule has 2 rings (SSSR count). The Balaban J connectivity index is 2.48. The van der Waals surface area contributed by atoms with E-state index < -0.39 is 0 Å². The fraction of sp³-hybridized carbons (Fsp3) is 0.417. The van der Waals surface area contributed by atoms with Crippen LogP contribution in [0.1, 0.15) is 25.5 Å². The van der Waals surface area contributed by atoms with Crippen LogP contribution in [0.15, 0.2) is 24.4 Å². The molecular formula is C12H17N3. The average Bonchev–Trinajstić information content (AvgIpc) is 2.69. The number of rotatable bonds is 3. The quantitative estimate of drug-likeness (QED) is 0.829. The maximum atomic E-state index is 4.34. The third-order valence-corrected chi connectivity index (χ3v) is 2.90. The van der Waals surface area contributed by atoms with Crippen LogP contribution in [-0.4, -0.2) is 16.8 Å². The number of aromatic nitrogens is 2. The van der Waals surface area contributed by atoms with Crippen LogP contribution in [0.3, 0.4) is 0 Å². The van der Waals surface area contributed by atoms with Crippen molar-refractivity contribution in [1.29, 1.82) is 0 Å². The summed E-state index contributed by atoms with van der Waals surface area (Å²) in [7, 11) is 1.98. The highest BCUT2D eigenvalue weighted by atomic mass is 15.3. The molecule has 3 heteroatoms. The minimum atomic E-state index is 0.388. The summed E-state index contributed by atoms with van der Waals surface area (Å²) in [5.74, 6) is 0. The van der Waals surface area contributed by atoms with Crippen LogP contribution >= 0.6 is 0 Å². The smallest absolute Gasteiger partial charge is 0.0682 e. The molecule has 0 aliphatic carbocycles. The standard InChI is InChI=1S/C12H17N3/c1-4-15-12-6-5-10(9(2)13-3)7-11(12)8-14-15/h5-9,13H,4H2,1-3H3. The summed E-state index contributed by atoms with van der Waals surface area (Å²) in [5, 5.41) is 8.79. The Bertz CT molecular complexity index is 459. The van der Waals surface area contributed by atoms with E-state index in [2.05, 4.69) is 42.5 Å². The zero-order valence-electron chi connectivity index (χ0n) is 9.49. The Morgan fingerprint density at radius 1 is 1.47 bits per heavy atom. The lowest BCUT2D eigenvalue weighted by Gasteiger charge is -2.10. The van der Waals surface area contributed by atoms with Crippen molar-refractivity contribution < 1.29 is 0 Å². The molecule has 2 aromatic rings. The predicted molar refractivity (Wildman–Crippen MR) is 62.9 cm³/mol. The van der Waals surface area contributed by atoms with Gasteiger partial charge in [0.25, 0.3) is 0 Å². The maximum Gasteiger partial charge on any atom is 0.0682 e. The minimum absolute atomic E-state index is 0.388. The number of benzene rings is 1. The van der Waals surface area contributed by atoms with Gasteiger partial charge in [-0.05, 0) is 38.6 Å². The molecule has 0 aliphatic heterocycles. The molecule has 0 saturated carbocycles. The molecule has 0 amide bonds. The van der Waals surface area contributed by atoms with Crippen LogP contribution in [0.5, 0.6) is 0 Å². The lowest BCUT2D eigenvalue weighted by Crippen LogP contribution is -2.11. The van der Waals surface area contributed by atoms with E-state index in [1.807, 2.05) is 17.9 Å². The van der Waals surface area contributed by atoms with Gasteiger partial charge in [-0.25, -0.2) is 0 Å². The van der Waals surface area contributed by atoms with Gasteiger partial charge >= 0.3 is 0 Å². The molecule has 0 spiro atoms. The van der Waals surface area contributed by atoms with Crippen LogP contribution < -0.4 is 5.32 Å². The van der Waals surface area contributed by atoms with Crippen LogP contribution in [0.4, 0.5) is 0 Å². The second kappa shape index (κ2) is 4.03. The summed E-state index contributed by atoms with van der Waals surface area (Å²) >= 11 is 0. The molecule has 1 atom stereocenters. The summed E-state index contributed by atoms with van der Waals surface area (Å²) in [6, 6.07) is 6.90. The summed E-state index contributed by atoms with van der Waals surface area (Å²) in [6.07, 6.45) is 1.94. The summed E-state index contributed by atoms with van der Waals surface area (Å²) in [5.41, 5.74) is 2.52. The number of fused-ring (bicyclic) bond motifs is 1. The van der Waals surface area contributed by atoms with Crippen molar-refractivity contribution in [1.82, 2.24) is 15.1 Å². The van der Waals surface area contributed by atoms with Crippen molar-refractivity contribution in [2.45, 2.75) is 26.4 Å². The first-order chi connectivity index (χ1) is 7.26. The van der Waals surface area contributed by atoms with Gasteiger partial charge in [-0.15, -0.1) is 0 Å². The summed E-state index contributed by atoms with van der Waals surface area (Å²) < 4.78 is 2.02. The predicted octanol–water partition coefficient (Wildman–Crippen LogP) is 2.34. The normalized spacial score (nSPS) is 13.3. The second-order valence-electron chi connectivity index (χ2n) is 3.79. The van der Waals surface area contributed by atoms with E-state index in [1.54, 1.807) is 0 Å². The van der Waals surface area contributed by atoms with Gasteiger partial charge in [-0.3, -0.25) is 4.68 Å². The highest BCUT2D eigenvalue weighted by Crippen LogP contribution is 2.19. The van der Waals surface area contributed by atoms with Crippen molar-refractivity contribution in [2.75, 3.05) is 7.05 Å². The average molecular weight is 203 g/mol. The Morgan fingerprint density at radius 2 is 2.27 bits per heavy atom. The molecule has 0 aliphatic rings. The Hall–Kier alpha value is -1.35. The van der Waals surface area contributed by atoms with Crippen molar-refractivity contribution in [3.8, 4) is 0 Å². The Morgan fingerprint density at radius 3 is 2.93 bits per heavy atom. The van der Waals surface area contributed by atoms with E-state index in [-0.39, 0.29) is 0 Å². The molecule has 1 unspecified atom stereocenters. The molecule has 0 saturated heterocycles. The molecule has 1 aromatic heterocycles.